The molecule has 156 valence electrons. The molecule has 2 fully saturated rings. The molecule has 0 bridgehead atoms. The van der Waals surface area contributed by atoms with E-state index in [0.717, 1.165) is 5.56 Å². The molecule has 2 unspecified atom stereocenters. The first-order chi connectivity index (χ1) is 13.3. The maximum Gasteiger partial charge on any atom is 0.282 e. The normalized spacial score (nSPS) is 25.0. The van der Waals surface area contributed by atoms with Gasteiger partial charge in [-0.25, -0.2) is 0 Å². The number of ether oxygens (including phenoxy) is 1. The fraction of sp³-hybridized carbons (Fsp3) is 0.632. The summed E-state index contributed by atoms with van der Waals surface area (Å²) >= 11 is 6.15. The van der Waals surface area contributed by atoms with Crippen molar-refractivity contribution in [2.24, 2.45) is 0 Å². The second-order valence-corrected chi connectivity index (χ2v) is 9.79. The molecule has 2 aliphatic rings. The summed E-state index contributed by atoms with van der Waals surface area (Å²) < 4.78 is 34.5. The van der Waals surface area contributed by atoms with Crippen molar-refractivity contribution in [2.45, 2.75) is 38.9 Å². The fourth-order valence-electron chi connectivity index (χ4n) is 3.75. The van der Waals surface area contributed by atoms with E-state index in [1.54, 1.807) is 4.90 Å². The number of amides is 1. The lowest BCUT2D eigenvalue weighted by Gasteiger charge is -2.40. The Bertz CT molecular complexity index is 786. The van der Waals surface area contributed by atoms with E-state index in [0.29, 0.717) is 57.1 Å². The van der Waals surface area contributed by atoms with Crippen LogP contribution in [0.5, 0.6) is 0 Å². The Labute approximate surface area is 172 Å². The van der Waals surface area contributed by atoms with Gasteiger partial charge < -0.3 is 9.64 Å². The molecule has 1 aromatic rings. The van der Waals surface area contributed by atoms with Crippen LogP contribution in [0.1, 0.15) is 25.8 Å². The molecular weight excluding hydrogens is 402 g/mol. The van der Waals surface area contributed by atoms with Crippen molar-refractivity contribution >= 4 is 27.7 Å². The van der Waals surface area contributed by atoms with Crippen molar-refractivity contribution in [2.75, 3.05) is 39.3 Å². The highest BCUT2D eigenvalue weighted by molar-refractivity contribution is 7.86. The van der Waals surface area contributed by atoms with Crippen LogP contribution in [-0.2, 0) is 26.2 Å². The van der Waals surface area contributed by atoms with Crippen LogP contribution in [0.4, 0.5) is 0 Å². The summed E-state index contributed by atoms with van der Waals surface area (Å²) in [6.07, 6.45) is 0.715. The highest BCUT2D eigenvalue weighted by atomic mass is 35.5. The molecule has 0 spiro atoms. The second-order valence-electron chi connectivity index (χ2n) is 7.45. The molecule has 2 aliphatic heterocycles. The van der Waals surface area contributed by atoms with Gasteiger partial charge in [0.15, 0.2) is 0 Å². The van der Waals surface area contributed by atoms with E-state index in [9.17, 15) is 13.2 Å². The summed E-state index contributed by atoms with van der Waals surface area (Å²) in [5, 5.41) is 0.667. The van der Waals surface area contributed by atoms with Gasteiger partial charge in [0, 0.05) is 50.7 Å². The van der Waals surface area contributed by atoms with Crippen LogP contribution in [0.25, 0.3) is 0 Å². The number of halogens is 1. The Morgan fingerprint density at radius 2 is 1.68 bits per heavy atom. The molecule has 2 saturated heterocycles. The minimum absolute atomic E-state index is 0.0329. The first-order valence-corrected chi connectivity index (χ1v) is 11.5. The third-order valence-electron chi connectivity index (χ3n) is 5.20. The maximum atomic E-state index is 12.9. The molecule has 3 rings (SSSR count). The van der Waals surface area contributed by atoms with Crippen LogP contribution >= 0.6 is 11.6 Å². The van der Waals surface area contributed by atoms with E-state index in [1.165, 1.54) is 8.61 Å². The molecule has 0 N–H and O–H groups in total. The summed E-state index contributed by atoms with van der Waals surface area (Å²) in [7, 11) is -3.53. The summed E-state index contributed by atoms with van der Waals surface area (Å²) in [6, 6.07) is 7.51. The predicted molar refractivity (Wildman–Crippen MR) is 108 cm³/mol. The number of piperazine rings is 1. The number of hydrogen-bond acceptors (Lipinski definition) is 4. The number of benzene rings is 1. The monoisotopic (exact) mass is 429 g/mol. The minimum Gasteiger partial charge on any atom is -0.373 e. The molecule has 0 aliphatic carbocycles. The number of carbonyl (C=O) groups is 1. The Hall–Kier alpha value is -1.19. The molecule has 0 aromatic heterocycles. The Balaban J connectivity index is 1.52. The van der Waals surface area contributed by atoms with E-state index >= 15 is 0 Å². The predicted octanol–water partition coefficient (Wildman–Crippen LogP) is 1.77. The second kappa shape index (κ2) is 9.09. The average molecular weight is 430 g/mol. The van der Waals surface area contributed by atoms with Crippen molar-refractivity contribution < 1.29 is 17.9 Å². The zero-order valence-corrected chi connectivity index (χ0v) is 18.0. The highest BCUT2D eigenvalue weighted by Crippen LogP contribution is 2.20. The number of carbonyl (C=O) groups excluding carboxylic acids is 1. The minimum atomic E-state index is -3.53. The first-order valence-electron chi connectivity index (χ1n) is 9.69. The molecule has 2 atom stereocenters. The van der Waals surface area contributed by atoms with Gasteiger partial charge in [-0.15, -0.1) is 0 Å². The summed E-state index contributed by atoms with van der Waals surface area (Å²) in [4.78, 5) is 14.3. The SMILES string of the molecule is CC1CN(S(=O)(=O)N2CCN(C(=O)CCc3ccccc3Cl)CC2)CC(C)O1. The maximum absolute atomic E-state index is 12.9. The van der Waals surface area contributed by atoms with Crippen LogP contribution in [0, 0.1) is 0 Å². The quantitative estimate of drug-likeness (QED) is 0.715. The molecular formula is C19H28ClN3O4S. The van der Waals surface area contributed by atoms with E-state index in [2.05, 4.69) is 0 Å². The molecule has 1 aromatic carbocycles. The fourth-order valence-corrected chi connectivity index (χ4v) is 5.73. The zero-order valence-electron chi connectivity index (χ0n) is 16.4. The van der Waals surface area contributed by atoms with Crippen molar-refractivity contribution in [3.63, 3.8) is 0 Å². The van der Waals surface area contributed by atoms with Crippen LogP contribution in [-0.4, -0.2) is 79.3 Å². The Kier molecular flexibility index (Phi) is 6.98. The molecule has 9 heteroatoms. The van der Waals surface area contributed by atoms with Crippen molar-refractivity contribution in [1.29, 1.82) is 0 Å². The lowest BCUT2D eigenvalue weighted by atomic mass is 10.1. The Morgan fingerprint density at radius 3 is 2.29 bits per heavy atom. The summed E-state index contributed by atoms with van der Waals surface area (Å²) in [5.74, 6) is 0.0329. The van der Waals surface area contributed by atoms with Gasteiger partial charge in [0.05, 0.1) is 12.2 Å². The third kappa shape index (κ3) is 5.04. The van der Waals surface area contributed by atoms with Gasteiger partial charge >= 0.3 is 0 Å². The molecule has 0 saturated carbocycles. The number of nitrogens with zero attached hydrogens (tertiary/aromatic N) is 3. The summed E-state index contributed by atoms with van der Waals surface area (Å²) in [5.41, 5.74) is 0.953. The Morgan fingerprint density at radius 1 is 1.07 bits per heavy atom. The number of aryl methyl sites for hydroxylation is 1. The van der Waals surface area contributed by atoms with Crippen LogP contribution in [0.2, 0.25) is 5.02 Å². The lowest BCUT2D eigenvalue weighted by Crippen LogP contribution is -2.57. The third-order valence-corrected chi connectivity index (χ3v) is 7.53. The first kappa shape index (κ1) is 21.5. The number of rotatable bonds is 5. The standard InChI is InChI=1S/C19H28ClN3O4S/c1-15-13-23(14-16(2)27-15)28(25,26)22-11-9-21(10-12-22)19(24)8-7-17-5-3-4-6-18(17)20/h3-6,15-16H,7-14H2,1-2H3. The molecule has 1 amide bonds. The van der Waals surface area contributed by atoms with Crippen molar-refractivity contribution in [3.8, 4) is 0 Å². The smallest absolute Gasteiger partial charge is 0.282 e. The number of morpholine rings is 1. The molecule has 28 heavy (non-hydrogen) atoms. The molecule has 7 nitrogen and oxygen atoms in total. The lowest BCUT2D eigenvalue weighted by molar-refractivity contribution is -0.132. The van der Waals surface area contributed by atoms with E-state index < -0.39 is 10.2 Å². The largest absolute Gasteiger partial charge is 0.373 e. The van der Waals surface area contributed by atoms with Gasteiger partial charge in [-0.1, -0.05) is 29.8 Å². The molecule has 2 heterocycles. The zero-order chi connectivity index (χ0) is 20.3. The van der Waals surface area contributed by atoms with Crippen molar-refractivity contribution in [1.82, 2.24) is 13.5 Å². The van der Waals surface area contributed by atoms with E-state index in [1.807, 2.05) is 38.1 Å². The van der Waals surface area contributed by atoms with E-state index in [-0.39, 0.29) is 18.1 Å². The number of hydrogen-bond donors (Lipinski definition) is 0. The van der Waals surface area contributed by atoms with Crippen LogP contribution < -0.4 is 0 Å². The van der Waals surface area contributed by atoms with Gasteiger partial charge in [0.2, 0.25) is 5.91 Å². The van der Waals surface area contributed by atoms with Crippen LogP contribution in [0.3, 0.4) is 0 Å². The van der Waals surface area contributed by atoms with Gasteiger partial charge in [-0.2, -0.15) is 17.0 Å². The van der Waals surface area contributed by atoms with E-state index in [4.69, 9.17) is 16.3 Å². The average Bonchev–Trinajstić information content (AvgIpc) is 2.66. The van der Waals surface area contributed by atoms with Gasteiger partial charge in [0.1, 0.15) is 0 Å². The topological polar surface area (TPSA) is 70.2 Å². The summed E-state index contributed by atoms with van der Waals surface area (Å²) in [6.45, 7) is 5.96. The molecule has 0 radical (unpaired) electrons. The van der Waals surface area contributed by atoms with Gasteiger partial charge in [-0.3, -0.25) is 4.79 Å². The van der Waals surface area contributed by atoms with Gasteiger partial charge in [0.25, 0.3) is 10.2 Å². The highest BCUT2D eigenvalue weighted by Gasteiger charge is 2.37. The van der Waals surface area contributed by atoms with Crippen molar-refractivity contribution in [3.05, 3.63) is 34.9 Å². The van der Waals surface area contributed by atoms with Gasteiger partial charge in [-0.05, 0) is 31.9 Å². The van der Waals surface area contributed by atoms with Crippen LogP contribution in [0.15, 0.2) is 24.3 Å².